The molecule has 2 aromatic rings. The molecule has 0 aliphatic carbocycles. The van der Waals surface area contributed by atoms with E-state index in [1.807, 2.05) is 6.07 Å². The molecule has 0 unspecified atom stereocenters. The molecule has 11 heteroatoms. The highest BCUT2D eigenvalue weighted by Gasteiger charge is 2.52. The molecule has 1 heterocycles. The fourth-order valence-corrected chi connectivity index (χ4v) is 4.04. The molecule has 4 amide bonds. The van der Waals surface area contributed by atoms with Gasteiger partial charge in [0.25, 0.3) is 5.91 Å². The minimum atomic E-state index is -1.85. The van der Waals surface area contributed by atoms with E-state index in [1.54, 1.807) is 42.5 Å². The maximum absolute atomic E-state index is 13.5. The number of anilines is 1. The lowest BCUT2D eigenvalue weighted by molar-refractivity contribution is -0.148. The van der Waals surface area contributed by atoms with Crippen molar-refractivity contribution < 1.29 is 24.3 Å². The van der Waals surface area contributed by atoms with Crippen molar-refractivity contribution in [3.63, 3.8) is 0 Å². The van der Waals surface area contributed by atoms with Crippen LogP contribution in [0.4, 0.5) is 10.5 Å². The smallest absolute Gasteiger partial charge is 0.348 e. The number of rotatable bonds is 10. The first-order chi connectivity index (χ1) is 16.7. The predicted molar refractivity (Wildman–Crippen MR) is 129 cm³/mol. The summed E-state index contributed by atoms with van der Waals surface area (Å²) in [6.07, 6.45) is -1.26. The van der Waals surface area contributed by atoms with Crippen molar-refractivity contribution in [2.45, 2.75) is 38.5 Å². The Hall–Kier alpha value is -4.41. The zero-order valence-corrected chi connectivity index (χ0v) is 19.3. The Morgan fingerprint density at radius 2 is 1.66 bits per heavy atom. The molecule has 2 aromatic carbocycles. The Kier molecular flexibility index (Phi) is 8.03. The summed E-state index contributed by atoms with van der Waals surface area (Å²) < 4.78 is 0. The second-order valence-corrected chi connectivity index (χ2v) is 8.01. The van der Waals surface area contributed by atoms with E-state index >= 15 is 0 Å². The number of para-hydroxylation sites is 1. The van der Waals surface area contributed by atoms with Gasteiger partial charge in [0.05, 0.1) is 0 Å². The van der Waals surface area contributed by atoms with Gasteiger partial charge in [-0.2, -0.15) is 0 Å². The zero-order chi connectivity index (χ0) is 25.5. The SMILES string of the molecule is CC(=O)N(c1ccccc1)[C@H](C(=O)O)N1C(=O)[C@H](CCCN=C(N)N)N(Cc2ccccc2)C1=O. The number of imide groups is 1. The summed E-state index contributed by atoms with van der Waals surface area (Å²) in [6.45, 7) is 1.51. The van der Waals surface area contributed by atoms with Crippen LogP contribution < -0.4 is 16.4 Å². The average Bonchev–Trinajstić information content (AvgIpc) is 3.04. The van der Waals surface area contributed by atoms with Gasteiger partial charge in [0, 0.05) is 25.7 Å². The van der Waals surface area contributed by atoms with Crippen molar-refractivity contribution in [1.82, 2.24) is 9.80 Å². The molecule has 3 rings (SSSR count). The van der Waals surface area contributed by atoms with Gasteiger partial charge in [0.2, 0.25) is 12.1 Å². The van der Waals surface area contributed by atoms with Crippen LogP contribution in [0.2, 0.25) is 0 Å². The Morgan fingerprint density at radius 1 is 1.06 bits per heavy atom. The van der Waals surface area contributed by atoms with E-state index in [0.29, 0.717) is 11.3 Å². The van der Waals surface area contributed by atoms with Crippen molar-refractivity contribution in [3.05, 3.63) is 66.2 Å². The highest BCUT2D eigenvalue weighted by atomic mass is 16.4. The van der Waals surface area contributed by atoms with E-state index in [0.717, 1.165) is 10.5 Å². The van der Waals surface area contributed by atoms with E-state index in [1.165, 1.54) is 24.0 Å². The lowest BCUT2D eigenvalue weighted by atomic mass is 10.1. The number of carbonyl (C=O) groups excluding carboxylic acids is 3. The second kappa shape index (κ2) is 11.1. The summed E-state index contributed by atoms with van der Waals surface area (Å²) >= 11 is 0. The van der Waals surface area contributed by atoms with Gasteiger partial charge in [-0.3, -0.25) is 19.5 Å². The lowest BCUT2D eigenvalue weighted by Gasteiger charge is -2.32. The number of nitrogens with two attached hydrogens (primary N) is 2. The van der Waals surface area contributed by atoms with Crippen molar-refractivity contribution >= 4 is 35.5 Å². The highest BCUT2D eigenvalue weighted by Crippen LogP contribution is 2.29. The van der Waals surface area contributed by atoms with Crippen molar-refractivity contribution in [1.29, 1.82) is 0 Å². The summed E-state index contributed by atoms with van der Waals surface area (Å²) in [6, 6.07) is 15.3. The number of aliphatic imine (C=N–C) groups is 1. The van der Waals surface area contributed by atoms with Crippen molar-refractivity contribution in [3.8, 4) is 0 Å². The number of benzene rings is 2. The van der Waals surface area contributed by atoms with Crippen molar-refractivity contribution in [2.75, 3.05) is 11.4 Å². The van der Waals surface area contributed by atoms with Crippen molar-refractivity contribution in [2.24, 2.45) is 16.5 Å². The van der Waals surface area contributed by atoms with Gasteiger partial charge in [0.1, 0.15) is 6.04 Å². The first-order valence-electron chi connectivity index (χ1n) is 11.0. The second-order valence-electron chi connectivity index (χ2n) is 8.01. The molecule has 35 heavy (non-hydrogen) atoms. The quantitative estimate of drug-likeness (QED) is 0.200. The number of hydrogen-bond acceptors (Lipinski definition) is 5. The highest BCUT2D eigenvalue weighted by molar-refractivity contribution is 6.09. The van der Waals surface area contributed by atoms with Crippen LogP contribution >= 0.6 is 0 Å². The van der Waals surface area contributed by atoms with Gasteiger partial charge >= 0.3 is 12.0 Å². The number of amides is 4. The standard InChI is InChI=1S/C24H28N6O5/c1-16(31)29(18-11-6-3-7-12-18)20(22(33)34)30-21(32)19(13-8-14-27-23(25)26)28(24(30)35)15-17-9-4-2-5-10-17/h2-7,9-12,19-20H,8,13-15H2,1H3,(H,33,34)(H4,25,26,27)/t19-,20-/m0/s1. The summed E-state index contributed by atoms with van der Waals surface area (Å²) in [5.41, 5.74) is 11.7. The molecule has 5 N–H and O–H groups in total. The molecule has 0 bridgehead atoms. The average molecular weight is 481 g/mol. The third kappa shape index (κ3) is 5.75. The minimum Gasteiger partial charge on any atom is -0.478 e. The van der Waals surface area contributed by atoms with Crippen LogP contribution in [0.1, 0.15) is 25.3 Å². The van der Waals surface area contributed by atoms with E-state index in [4.69, 9.17) is 11.5 Å². The lowest BCUT2D eigenvalue weighted by Crippen LogP contribution is -2.57. The van der Waals surface area contributed by atoms with Crippen LogP contribution in [-0.4, -0.2) is 63.4 Å². The molecular weight excluding hydrogens is 452 g/mol. The van der Waals surface area contributed by atoms with E-state index in [9.17, 15) is 24.3 Å². The molecule has 1 aliphatic rings. The Bertz CT molecular complexity index is 1100. The number of aliphatic carboxylic acids is 1. The third-order valence-corrected chi connectivity index (χ3v) is 5.56. The number of carbonyl (C=O) groups is 4. The number of carboxylic acid groups (broad SMARTS) is 1. The summed E-state index contributed by atoms with van der Waals surface area (Å²) in [5, 5.41) is 10.1. The van der Waals surface area contributed by atoms with Crippen LogP contribution in [0, 0.1) is 0 Å². The van der Waals surface area contributed by atoms with Gasteiger partial charge in [-0.05, 0) is 30.5 Å². The number of guanidine groups is 1. The first-order valence-corrected chi connectivity index (χ1v) is 11.0. The first kappa shape index (κ1) is 25.2. The Balaban J connectivity index is 1.99. The number of nitrogens with zero attached hydrogens (tertiary/aromatic N) is 4. The van der Waals surface area contributed by atoms with Crippen LogP contribution in [-0.2, 0) is 20.9 Å². The summed E-state index contributed by atoms with van der Waals surface area (Å²) in [7, 11) is 0. The number of hydrogen-bond donors (Lipinski definition) is 3. The van der Waals surface area contributed by atoms with Gasteiger partial charge in [-0.1, -0.05) is 48.5 Å². The summed E-state index contributed by atoms with van der Waals surface area (Å²) in [4.78, 5) is 58.8. The van der Waals surface area contributed by atoms with Crippen LogP contribution in [0.3, 0.4) is 0 Å². The third-order valence-electron chi connectivity index (χ3n) is 5.56. The molecule has 184 valence electrons. The fraction of sp³-hybridized carbons (Fsp3) is 0.292. The molecular formula is C24H28N6O5. The molecule has 1 aliphatic heterocycles. The Morgan fingerprint density at radius 3 is 2.20 bits per heavy atom. The zero-order valence-electron chi connectivity index (χ0n) is 19.3. The molecule has 2 atom stereocenters. The molecule has 1 fully saturated rings. The molecule has 0 radical (unpaired) electrons. The molecule has 0 spiro atoms. The van der Waals surface area contributed by atoms with Crippen LogP contribution in [0.25, 0.3) is 0 Å². The molecule has 1 saturated heterocycles. The topological polar surface area (TPSA) is 163 Å². The monoisotopic (exact) mass is 480 g/mol. The molecule has 0 saturated carbocycles. The van der Waals surface area contributed by atoms with Gasteiger partial charge in [0.15, 0.2) is 5.96 Å². The normalized spacial score (nSPS) is 16.2. The molecule has 11 nitrogen and oxygen atoms in total. The van der Waals surface area contributed by atoms with E-state index in [2.05, 4.69) is 4.99 Å². The van der Waals surface area contributed by atoms with E-state index in [-0.39, 0.29) is 31.2 Å². The number of carboxylic acids is 1. The fourth-order valence-electron chi connectivity index (χ4n) is 4.04. The largest absolute Gasteiger partial charge is 0.478 e. The minimum absolute atomic E-state index is 0.0899. The molecule has 0 aromatic heterocycles. The summed E-state index contributed by atoms with van der Waals surface area (Å²) in [5.74, 6) is -2.93. The van der Waals surface area contributed by atoms with Crippen LogP contribution in [0.15, 0.2) is 65.7 Å². The van der Waals surface area contributed by atoms with Gasteiger partial charge in [-0.25, -0.2) is 14.5 Å². The van der Waals surface area contributed by atoms with Crippen LogP contribution in [0.5, 0.6) is 0 Å². The predicted octanol–water partition coefficient (Wildman–Crippen LogP) is 1.34. The maximum Gasteiger partial charge on any atom is 0.348 e. The maximum atomic E-state index is 13.5. The Labute approximate surface area is 202 Å². The van der Waals surface area contributed by atoms with Gasteiger partial charge < -0.3 is 21.5 Å². The number of urea groups is 1. The van der Waals surface area contributed by atoms with E-state index < -0.39 is 36.0 Å². The van der Waals surface area contributed by atoms with Gasteiger partial charge in [-0.15, -0.1) is 0 Å².